The number of nitrogens with zero attached hydrogens (tertiary/aromatic N) is 2. The van der Waals surface area contributed by atoms with Gasteiger partial charge in [0, 0.05) is 25.2 Å². The summed E-state index contributed by atoms with van der Waals surface area (Å²) in [6, 6.07) is 4.83. The van der Waals surface area contributed by atoms with Gasteiger partial charge in [-0.1, -0.05) is 6.07 Å². The molecule has 6 nitrogen and oxygen atoms in total. The van der Waals surface area contributed by atoms with E-state index in [0.29, 0.717) is 23.7 Å². The highest BCUT2D eigenvalue weighted by molar-refractivity contribution is 5.85. The molecule has 2 rings (SSSR count). The summed E-state index contributed by atoms with van der Waals surface area (Å²) in [7, 11) is 0. The van der Waals surface area contributed by atoms with Crippen molar-refractivity contribution in [3.63, 3.8) is 0 Å². The second-order valence-corrected chi connectivity index (χ2v) is 5.16. The predicted molar refractivity (Wildman–Crippen MR) is 80.4 cm³/mol. The van der Waals surface area contributed by atoms with Gasteiger partial charge >= 0.3 is 5.97 Å². The number of aliphatic carboxylic acids is 1. The lowest BCUT2D eigenvalue weighted by Gasteiger charge is -2.22. The molecule has 0 heterocycles. The number of rotatable bonds is 7. The van der Waals surface area contributed by atoms with Crippen LogP contribution in [0.2, 0.25) is 0 Å². The van der Waals surface area contributed by atoms with Gasteiger partial charge in [0.15, 0.2) is 0 Å². The number of hydrogen-bond donors (Lipinski definition) is 1. The van der Waals surface area contributed by atoms with Crippen molar-refractivity contribution in [1.82, 2.24) is 0 Å². The van der Waals surface area contributed by atoms with E-state index in [1.165, 1.54) is 25.0 Å². The molecule has 1 aromatic rings. The maximum atomic E-state index is 11.3. The van der Waals surface area contributed by atoms with Crippen molar-refractivity contribution in [2.24, 2.45) is 5.92 Å². The summed E-state index contributed by atoms with van der Waals surface area (Å²) < 4.78 is 0. The largest absolute Gasteiger partial charge is 0.478 e. The van der Waals surface area contributed by atoms with Crippen LogP contribution in [-0.4, -0.2) is 29.1 Å². The Morgan fingerprint density at radius 1 is 1.52 bits per heavy atom. The number of nitro benzene ring substituents is 1. The summed E-state index contributed by atoms with van der Waals surface area (Å²) >= 11 is 0. The molecule has 112 valence electrons. The van der Waals surface area contributed by atoms with Crippen molar-refractivity contribution >= 4 is 23.4 Å². The molecule has 1 fully saturated rings. The van der Waals surface area contributed by atoms with E-state index in [0.717, 1.165) is 12.6 Å². The predicted octanol–water partition coefficient (Wildman–Crippen LogP) is 2.93. The molecule has 0 aliphatic heterocycles. The first-order valence-electron chi connectivity index (χ1n) is 6.95. The van der Waals surface area contributed by atoms with Crippen LogP contribution in [0.3, 0.4) is 0 Å². The molecular weight excluding hydrogens is 272 g/mol. The van der Waals surface area contributed by atoms with Crippen molar-refractivity contribution in [1.29, 1.82) is 0 Å². The fourth-order valence-corrected chi connectivity index (χ4v) is 2.24. The molecule has 0 atom stereocenters. The van der Waals surface area contributed by atoms with Crippen LogP contribution in [-0.2, 0) is 4.79 Å². The second-order valence-electron chi connectivity index (χ2n) is 5.16. The van der Waals surface area contributed by atoms with Gasteiger partial charge in [-0.25, -0.2) is 4.79 Å². The minimum Gasteiger partial charge on any atom is -0.478 e. The van der Waals surface area contributed by atoms with E-state index >= 15 is 0 Å². The summed E-state index contributed by atoms with van der Waals surface area (Å²) in [5.41, 5.74) is 1.13. The molecule has 0 bridgehead atoms. The van der Waals surface area contributed by atoms with E-state index in [1.807, 2.05) is 11.8 Å². The zero-order valence-corrected chi connectivity index (χ0v) is 11.9. The number of nitro groups is 1. The van der Waals surface area contributed by atoms with Crippen LogP contribution < -0.4 is 4.90 Å². The Balaban J connectivity index is 2.31. The molecule has 0 radical (unpaired) electrons. The van der Waals surface area contributed by atoms with Crippen molar-refractivity contribution in [3.8, 4) is 0 Å². The molecule has 0 spiro atoms. The van der Waals surface area contributed by atoms with Crippen LogP contribution in [0.4, 0.5) is 11.4 Å². The Morgan fingerprint density at radius 2 is 2.24 bits per heavy atom. The number of hydrogen-bond acceptors (Lipinski definition) is 4. The van der Waals surface area contributed by atoms with Crippen molar-refractivity contribution in [3.05, 3.63) is 40.0 Å². The van der Waals surface area contributed by atoms with Crippen LogP contribution in [0.1, 0.15) is 25.3 Å². The lowest BCUT2D eigenvalue weighted by molar-refractivity contribution is -0.384. The molecule has 0 saturated heterocycles. The van der Waals surface area contributed by atoms with Gasteiger partial charge in [-0.15, -0.1) is 0 Å². The number of carboxylic acid groups (broad SMARTS) is 1. The van der Waals surface area contributed by atoms with Gasteiger partial charge in [-0.2, -0.15) is 0 Å². The molecule has 6 heteroatoms. The Bertz CT molecular complexity index is 579. The topological polar surface area (TPSA) is 83.7 Å². The lowest BCUT2D eigenvalue weighted by Crippen LogP contribution is -2.26. The first-order valence-corrected chi connectivity index (χ1v) is 6.95. The van der Waals surface area contributed by atoms with E-state index in [4.69, 9.17) is 5.11 Å². The molecule has 1 aliphatic carbocycles. The Hall–Kier alpha value is -2.37. The minimum absolute atomic E-state index is 0.0186. The molecular formula is C15H18N2O4. The van der Waals surface area contributed by atoms with Gasteiger partial charge in [0.2, 0.25) is 0 Å². The quantitative estimate of drug-likeness (QED) is 0.474. The second kappa shape index (κ2) is 6.39. The summed E-state index contributed by atoms with van der Waals surface area (Å²) in [5, 5.41) is 19.9. The maximum Gasteiger partial charge on any atom is 0.328 e. The van der Waals surface area contributed by atoms with Crippen molar-refractivity contribution < 1.29 is 14.8 Å². The van der Waals surface area contributed by atoms with Gasteiger partial charge in [0.25, 0.3) is 5.69 Å². The SMILES string of the molecule is CCN(CC1CC1)c1ccc(C=CC(=O)O)cc1[N+](=O)[O-]. The highest BCUT2D eigenvalue weighted by Crippen LogP contribution is 2.35. The highest BCUT2D eigenvalue weighted by Gasteiger charge is 2.27. The Kier molecular flexibility index (Phi) is 4.57. The smallest absolute Gasteiger partial charge is 0.328 e. The average molecular weight is 290 g/mol. The fraction of sp³-hybridized carbons (Fsp3) is 0.400. The molecule has 0 unspecified atom stereocenters. The monoisotopic (exact) mass is 290 g/mol. The first kappa shape index (κ1) is 15.0. The van der Waals surface area contributed by atoms with Gasteiger partial charge in [0.1, 0.15) is 5.69 Å². The minimum atomic E-state index is -1.08. The molecule has 1 aromatic carbocycles. The van der Waals surface area contributed by atoms with Crippen LogP contribution in [0.5, 0.6) is 0 Å². The molecule has 0 amide bonds. The van der Waals surface area contributed by atoms with E-state index in [1.54, 1.807) is 12.1 Å². The summed E-state index contributed by atoms with van der Waals surface area (Å²) in [4.78, 5) is 23.4. The Labute approximate surface area is 122 Å². The van der Waals surface area contributed by atoms with Gasteiger partial charge in [-0.3, -0.25) is 10.1 Å². The summed E-state index contributed by atoms with van der Waals surface area (Å²) in [6.45, 7) is 3.52. The zero-order chi connectivity index (χ0) is 15.4. The van der Waals surface area contributed by atoms with E-state index < -0.39 is 10.9 Å². The maximum absolute atomic E-state index is 11.3. The highest BCUT2D eigenvalue weighted by atomic mass is 16.6. The van der Waals surface area contributed by atoms with Crippen molar-refractivity contribution in [2.75, 3.05) is 18.0 Å². The summed E-state index contributed by atoms with van der Waals surface area (Å²) in [5.74, 6) is -0.443. The number of anilines is 1. The van der Waals surface area contributed by atoms with E-state index in [9.17, 15) is 14.9 Å². The zero-order valence-electron chi connectivity index (χ0n) is 11.9. The molecule has 1 saturated carbocycles. The van der Waals surface area contributed by atoms with Crippen LogP contribution in [0, 0.1) is 16.0 Å². The first-order chi connectivity index (χ1) is 10.0. The Morgan fingerprint density at radius 3 is 2.76 bits per heavy atom. The standard InChI is InChI=1S/C15H18N2O4/c1-2-16(10-12-3-4-12)13-7-5-11(6-8-15(18)19)9-14(13)17(20)21/h5-9,12H,2-4,10H2,1H3,(H,18,19). The number of carbonyl (C=O) groups is 1. The van der Waals surface area contributed by atoms with Crippen LogP contribution in [0.25, 0.3) is 6.08 Å². The van der Waals surface area contributed by atoms with E-state index in [2.05, 4.69) is 0 Å². The van der Waals surface area contributed by atoms with E-state index in [-0.39, 0.29) is 5.69 Å². The normalized spacial score (nSPS) is 14.3. The van der Waals surface area contributed by atoms with Gasteiger partial charge in [0.05, 0.1) is 4.92 Å². The van der Waals surface area contributed by atoms with Crippen LogP contribution >= 0.6 is 0 Å². The van der Waals surface area contributed by atoms with Gasteiger partial charge in [-0.05, 0) is 43.4 Å². The third kappa shape index (κ3) is 4.05. The number of carboxylic acids is 1. The molecule has 1 N–H and O–H groups in total. The fourth-order valence-electron chi connectivity index (χ4n) is 2.24. The molecule has 1 aliphatic rings. The van der Waals surface area contributed by atoms with Crippen molar-refractivity contribution in [2.45, 2.75) is 19.8 Å². The third-order valence-electron chi connectivity index (χ3n) is 3.51. The molecule has 0 aromatic heterocycles. The third-order valence-corrected chi connectivity index (χ3v) is 3.51. The average Bonchev–Trinajstić information content (AvgIpc) is 3.26. The number of benzene rings is 1. The van der Waals surface area contributed by atoms with Gasteiger partial charge < -0.3 is 10.0 Å². The summed E-state index contributed by atoms with van der Waals surface area (Å²) in [6.07, 6.45) is 4.70. The molecule has 21 heavy (non-hydrogen) atoms. The van der Waals surface area contributed by atoms with Crippen LogP contribution in [0.15, 0.2) is 24.3 Å². The lowest BCUT2D eigenvalue weighted by atomic mass is 10.1.